The predicted molar refractivity (Wildman–Crippen MR) is 81.7 cm³/mol. The highest BCUT2D eigenvalue weighted by molar-refractivity contribution is 5.83. The molecule has 0 aliphatic carbocycles. The van der Waals surface area contributed by atoms with Gasteiger partial charge in [-0.1, -0.05) is 6.92 Å². The number of aromatic nitrogens is 1. The van der Waals surface area contributed by atoms with Crippen LogP contribution >= 0.6 is 0 Å². The van der Waals surface area contributed by atoms with Crippen molar-refractivity contribution < 1.29 is 4.74 Å². The number of benzene rings is 1. The van der Waals surface area contributed by atoms with E-state index in [1.807, 2.05) is 19.1 Å². The van der Waals surface area contributed by atoms with Gasteiger partial charge in [0, 0.05) is 40.9 Å². The summed E-state index contributed by atoms with van der Waals surface area (Å²) < 4.78 is 5.37. The van der Waals surface area contributed by atoms with Crippen molar-refractivity contribution in [3.05, 3.63) is 39.7 Å². The van der Waals surface area contributed by atoms with Gasteiger partial charge in [-0.05, 0) is 31.5 Å². The first-order valence-electron chi connectivity index (χ1n) is 7.19. The number of morpholine rings is 1. The van der Waals surface area contributed by atoms with E-state index in [2.05, 4.69) is 22.9 Å². The number of anilines is 1. The average Bonchev–Trinajstić information content (AvgIpc) is 2.51. The molecule has 0 amide bonds. The molecule has 3 rings (SSSR count). The number of aromatic amines is 1. The van der Waals surface area contributed by atoms with E-state index in [0.717, 1.165) is 60.6 Å². The Kier molecular flexibility index (Phi) is 3.49. The summed E-state index contributed by atoms with van der Waals surface area (Å²) in [4.78, 5) is 18.1. The zero-order chi connectivity index (χ0) is 14.1. The van der Waals surface area contributed by atoms with Crippen LogP contribution in [-0.4, -0.2) is 31.3 Å². The van der Waals surface area contributed by atoms with Gasteiger partial charge in [0.05, 0.1) is 13.2 Å². The van der Waals surface area contributed by atoms with Crippen LogP contribution in [-0.2, 0) is 11.2 Å². The second-order valence-corrected chi connectivity index (χ2v) is 5.24. The smallest absolute Gasteiger partial charge is 0.192 e. The van der Waals surface area contributed by atoms with Gasteiger partial charge in [-0.3, -0.25) is 4.79 Å². The Hall–Kier alpha value is -1.81. The molecular weight excluding hydrogens is 252 g/mol. The minimum Gasteiger partial charge on any atom is -0.378 e. The maximum Gasteiger partial charge on any atom is 0.192 e. The zero-order valence-corrected chi connectivity index (χ0v) is 12.0. The number of rotatable bonds is 2. The largest absolute Gasteiger partial charge is 0.378 e. The molecule has 0 unspecified atom stereocenters. The zero-order valence-electron chi connectivity index (χ0n) is 12.0. The van der Waals surface area contributed by atoms with Gasteiger partial charge < -0.3 is 14.6 Å². The molecule has 0 bridgehead atoms. The molecule has 1 aromatic carbocycles. The van der Waals surface area contributed by atoms with E-state index in [0.29, 0.717) is 0 Å². The van der Waals surface area contributed by atoms with Crippen molar-refractivity contribution in [2.75, 3.05) is 31.2 Å². The van der Waals surface area contributed by atoms with Crippen LogP contribution in [0.5, 0.6) is 0 Å². The Balaban J connectivity index is 2.11. The maximum absolute atomic E-state index is 12.5. The Morgan fingerprint density at radius 1 is 1.30 bits per heavy atom. The van der Waals surface area contributed by atoms with Crippen molar-refractivity contribution in [2.24, 2.45) is 0 Å². The summed E-state index contributed by atoms with van der Waals surface area (Å²) in [6.07, 6.45) is 0.849. The molecule has 1 aromatic heterocycles. The number of pyridine rings is 1. The van der Waals surface area contributed by atoms with Gasteiger partial charge in [0.2, 0.25) is 0 Å². The lowest BCUT2D eigenvalue weighted by molar-refractivity contribution is 0.122. The molecular formula is C16H20N2O2. The number of ether oxygens (including phenoxy) is 1. The molecule has 1 N–H and O–H groups in total. The standard InChI is InChI=1S/C16H20N2O2/c1-3-14-11(2)16(19)13-10-12(4-5-15(13)17-14)18-6-8-20-9-7-18/h4-5,10H,3,6-9H2,1-2H3,(H,17,19). The van der Waals surface area contributed by atoms with Crippen LogP contribution in [0.1, 0.15) is 18.2 Å². The molecule has 1 saturated heterocycles. The molecule has 0 atom stereocenters. The van der Waals surface area contributed by atoms with Gasteiger partial charge in [0.1, 0.15) is 0 Å². The fraction of sp³-hybridized carbons (Fsp3) is 0.438. The lowest BCUT2D eigenvalue weighted by atomic mass is 10.1. The van der Waals surface area contributed by atoms with Crippen LogP contribution in [0.3, 0.4) is 0 Å². The van der Waals surface area contributed by atoms with Gasteiger partial charge in [-0.15, -0.1) is 0 Å². The second kappa shape index (κ2) is 5.29. The Bertz CT molecular complexity index is 685. The first-order valence-corrected chi connectivity index (χ1v) is 7.19. The number of fused-ring (bicyclic) bond motifs is 1. The van der Waals surface area contributed by atoms with Gasteiger partial charge in [-0.25, -0.2) is 0 Å². The summed E-state index contributed by atoms with van der Waals surface area (Å²) in [5.41, 5.74) is 4.04. The third kappa shape index (κ3) is 2.20. The number of H-pyrrole nitrogens is 1. The normalized spacial score (nSPS) is 15.8. The lowest BCUT2D eigenvalue weighted by Gasteiger charge is -2.29. The van der Waals surface area contributed by atoms with E-state index >= 15 is 0 Å². The lowest BCUT2D eigenvalue weighted by Crippen LogP contribution is -2.36. The van der Waals surface area contributed by atoms with Crippen molar-refractivity contribution >= 4 is 16.6 Å². The molecule has 106 valence electrons. The quantitative estimate of drug-likeness (QED) is 0.912. The molecule has 1 fully saturated rings. The molecule has 2 heterocycles. The predicted octanol–water partition coefficient (Wildman–Crippen LogP) is 2.24. The fourth-order valence-corrected chi connectivity index (χ4v) is 2.80. The molecule has 0 saturated carbocycles. The van der Waals surface area contributed by atoms with Crippen LogP contribution in [0.15, 0.2) is 23.0 Å². The fourth-order valence-electron chi connectivity index (χ4n) is 2.80. The molecule has 2 aromatic rings. The minimum atomic E-state index is 0.144. The number of hydrogen-bond acceptors (Lipinski definition) is 3. The van der Waals surface area contributed by atoms with Crippen LogP contribution in [0.4, 0.5) is 5.69 Å². The highest BCUT2D eigenvalue weighted by atomic mass is 16.5. The van der Waals surface area contributed by atoms with Gasteiger partial charge in [0.25, 0.3) is 0 Å². The van der Waals surface area contributed by atoms with Crippen molar-refractivity contribution in [1.82, 2.24) is 4.98 Å². The monoisotopic (exact) mass is 272 g/mol. The summed E-state index contributed by atoms with van der Waals surface area (Å²) in [5, 5.41) is 0.781. The van der Waals surface area contributed by atoms with Crippen molar-refractivity contribution in [3.8, 4) is 0 Å². The number of aryl methyl sites for hydroxylation is 1. The molecule has 0 spiro atoms. The van der Waals surface area contributed by atoms with Crippen LogP contribution < -0.4 is 10.3 Å². The highest BCUT2D eigenvalue weighted by Gasteiger charge is 2.13. The molecule has 4 nitrogen and oxygen atoms in total. The third-order valence-corrected chi connectivity index (χ3v) is 4.06. The van der Waals surface area contributed by atoms with E-state index in [9.17, 15) is 4.79 Å². The SMILES string of the molecule is CCc1[nH]c2ccc(N3CCOCC3)cc2c(=O)c1C. The van der Waals surface area contributed by atoms with Crippen molar-refractivity contribution in [3.63, 3.8) is 0 Å². The van der Waals surface area contributed by atoms with E-state index in [1.54, 1.807) is 0 Å². The summed E-state index contributed by atoms with van der Waals surface area (Å²) in [5.74, 6) is 0. The number of hydrogen-bond donors (Lipinski definition) is 1. The molecule has 4 heteroatoms. The second-order valence-electron chi connectivity index (χ2n) is 5.24. The Morgan fingerprint density at radius 2 is 2.05 bits per heavy atom. The topological polar surface area (TPSA) is 45.3 Å². The summed E-state index contributed by atoms with van der Waals surface area (Å²) >= 11 is 0. The summed E-state index contributed by atoms with van der Waals surface area (Å²) in [7, 11) is 0. The Labute approximate surface area is 118 Å². The van der Waals surface area contributed by atoms with E-state index < -0.39 is 0 Å². The first-order chi connectivity index (χ1) is 9.70. The first kappa shape index (κ1) is 13.2. The van der Waals surface area contributed by atoms with Crippen LogP contribution in [0.25, 0.3) is 10.9 Å². The van der Waals surface area contributed by atoms with E-state index in [1.165, 1.54) is 0 Å². The molecule has 1 aliphatic rings. The van der Waals surface area contributed by atoms with Crippen LogP contribution in [0.2, 0.25) is 0 Å². The van der Waals surface area contributed by atoms with Gasteiger partial charge in [-0.2, -0.15) is 0 Å². The summed E-state index contributed by atoms with van der Waals surface area (Å²) in [6.45, 7) is 7.24. The summed E-state index contributed by atoms with van der Waals surface area (Å²) in [6, 6.07) is 6.10. The minimum absolute atomic E-state index is 0.144. The van der Waals surface area contributed by atoms with Crippen LogP contribution in [0, 0.1) is 6.92 Å². The maximum atomic E-state index is 12.5. The average molecular weight is 272 g/mol. The number of nitrogens with one attached hydrogen (secondary N) is 1. The van der Waals surface area contributed by atoms with Gasteiger partial charge >= 0.3 is 0 Å². The molecule has 0 radical (unpaired) electrons. The highest BCUT2D eigenvalue weighted by Crippen LogP contribution is 2.21. The molecule has 20 heavy (non-hydrogen) atoms. The Morgan fingerprint density at radius 3 is 2.75 bits per heavy atom. The third-order valence-electron chi connectivity index (χ3n) is 4.06. The van der Waals surface area contributed by atoms with Crippen molar-refractivity contribution in [2.45, 2.75) is 20.3 Å². The van der Waals surface area contributed by atoms with Crippen molar-refractivity contribution in [1.29, 1.82) is 0 Å². The van der Waals surface area contributed by atoms with E-state index in [-0.39, 0.29) is 5.43 Å². The molecule has 1 aliphatic heterocycles. The van der Waals surface area contributed by atoms with Gasteiger partial charge in [0.15, 0.2) is 5.43 Å². The number of nitrogens with zero attached hydrogens (tertiary/aromatic N) is 1. The van der Waals surface area contributed by atoms with E-state index in [4.69, 9.17) is 4.74 Å².